The number of nitrogens with one attached hydrogen (secondary N) is 2. The van der Waals surface area contributed by atoms with Crippen molar-refractivity contribution in [2.75, 3.05) is 11.3 Å². The van der Waals surface area contributed by atoms with Gasteiger partial charge in [0.2, 0.25) is 5.91 Å². The third-order valence-corrected chi connectivity index (χ3v) is 8.02. The van der Waals surface area contributed by atoms with E-state index in [1.165, 1.54) is 32.1 Å². The van der Waals surface area contributed by atoms with Gasteiger partial charge in [-0.2, -0.15) is 0 Å². The zero-order valence-corrected chi connectivity index (χ0v) is 18.7. The third kappa shape index (κ3) is 4.88. The first kappa shape index (κ1) is 22.1. The van der Waals surface area contributed by atoms with Crippen molar-refractivity contribution in [2.45, 2.75) is 55.3 Å². The minimum absolute atomic E-state index is 0.0624. The number of amides is 1. The van der Waals surface area contributed by atoms with Crippen LogP contribution in [-0.4, -0.2) is 20.9 Å². The molecule has 5 nitrogen and oxygen atoms in total. The van der Waals surface area contributed by atoms with Gasteiger partial charge in [-0.1, -0.05) is 43.0 Å². The minimum Gasteiger partial charge on any atom is -0.355 e. The molecule has 0 saturated heterocycles. The molecule has 166 valence electrons. The molecule has 0 heterocycles. The Morgan fingerprint density at radius 3 is 2.35 bits per heavy atom. The molecule has 2 aromatic carbocycles. The second-order valence-electron chi connectivity index (χ2n) is 8.55. The molecule has 0 aromatic heterocycles. The molecule has 2 saturated carbocycles. The monoisotopic (exact) mass is 464 g/mol. The SMILES string of the molecule is O=C(NCC1CCCCC1)C1(c2ccc(NS(=O)(=O)c3ccc(F)c(Cl)c3)cc2)CC1. The van der Waals surface area contributed by atoms with Crippen LogP contribution in [0.3, 0.4) is 0 Å². The van der Waals surface area contributed by atoms with E-state index in [2.05, 4.69) is 10.0 Å². The van der Waals surface area contributed by atoms with Crippen LogP contribution in [0.15, 0.2) is 47.4 Å². The van der Waals surface area contributed by atoms with Crippen molar-refractivity contribution in [1.29, 1.82) is 0 Å². The predicted molar refractivity (Wildman–Crippen MR) is 119 cm³/mol. The summed E-state index contributed by atoms with van der Waals surface area (Å²) in [5, 5.41) is 2.89. The lowest BCUT2D eigenvalue weighted by Crippen LogP contribution is -2.38. The summed E-state index contributed by atoms with van der Waals surface area (Å²) in [6.07, 6.45) is 7.73. The minimum atomic E-state index is -3.90. The third-order valence-electron chi connectivity index (χ3n) is 6.35. The van der Waals surface area contributed by atoms with Gasteiger partial charge >= 0.3 is 0 Å². The maximum Gasteiger partial charge on any atom is 0.261 e. The van der Waals surface area contributed by atoms with E-state index in [0.29, 0.717) is 11.6 Å². The number of rotatable bonds is 7. The maximum atomic E-state index is 13.3. The lowest BCUT2D eigenvalue weighted by Gasteiger charge is -2.23. The molecule has 0 unspecified atom stereocenters. The second kappa shape index (κ2) is 8.79. The average molecular weight is 465 g/mol. The molecule has 31 heavy (non-hydrogen) atoms. The standard InChI is InChI=1S/C23H26ClFN2O3S/c24-20-14-19(10-11-21(20)25)31(29,30)27-18-8-6-17(7-9-18)23(12-13-23)22(28)26-15-16-4-2-1-3-5-16/h6-11,14,16,27H,1-5,12-13,15H2,(H,26,28). The average Bonchev–Trinajstić information content (AvgIpc) is 3.57. The van der Waals surface area contributed by atoms with Crippen molar-refractivity contribution >= 4 is 33.2 Å². The van der Waals surface area contributed by atoms with Crippen LogP contribution in [0.4, 0.5) is 10.1 Å². The highest BCUT2D eigenvalue weighted by molar-refractivity contribution is 7.92. The van der Waals surface area contributed by atoms with Crippen molar-refractivity contribution < 1.29 is 17.6 Å². The lowest BCUT2D eigenvalue weighted by molar-refractivity contribution is -0.123. The van der Waals surface area contributed by atoms with Gasteiger partial charge in [0, 0.05) is 12.2 Å². The molecule has 2 fully saturated rings. The van der Waals surface area contributed by atoms with Crippen LogP contribution in [0.2, 0.25) is 5.02 Å². The molecule has 8 heteroatoms. The maximum absolute atomic E-state index is 13.3. The van der Waals surface area contributed by atoms with E-state index < -0.39 is 21.3 Å². The number of carbonyl (C=O) groups excluding carboxylic acids is 1. The summed E-state index contributed by atoms with van der Waals surface area (Å²) >= 11 is 5.70. The molecule has 0 aliphatic heterocycles. The van der Waals surface area contributed by atoms with Crippen molar-refractivity contribution in [3.63, 3.8) is 0 Å². The molecule has 1 amide bonds. The van der Waals surface area contributed by atoms with E-state index >= 15 is 0 Å². The Kier molecular flexibility index (Phi) is 6.26. The van der Waals surface area contributed by atoms with Crippen LogP contribution >= 0.6 is 11.6 Å². The summed E-state index contributed by atoms with van der Waals surface area (Å²) in [5.41, 5.74) is 0.750. The van der Waals surface area contributed by atoms with Gasteiger partial charge in [-0.25, -0.2) is 12.8 Å². The quantitative estimate of drug-likeness (QED) is 0.604. The Hall–Kier alpha value is -2.12. The molecule has 0 bridgehead atoms. The van der Waals surface area contributed by atoms with Gasteiger partial charge in [0.05, 0.1) is 15.3 Å². The van der Waals surface area contributed by atoms with Crippen LogP contribution in [0.5, 0.6) is 0 Å². The summed E-state index contributed by atoms with van der Waals surface area (Å²) in [4.78, 5) is 12.7. The van der Waals surface area contributed by atoms with E-state index in [9.17, 15) is 17.6 Å². The van der Waals surface area contributed by atoms with Crippen molar-refractivity contribution in [2.24, 2.45) is 5.92 Å². The highest BCUT2D eigenvalue weighted by atomic mass is 35.5. The molecule has 2 aliphatic rings. The highest BCUT2D eigenvalue weighted by Crippen LogP contribution is 2.48. The zero-order chi connectivity index (χ0) is 22.1. The summed E-state index contributed by atoms with van der Waals surface area (Å²) in [6, 6.07) is 10.1. The van der Waals surface area contributed by atoms with Crippen molar-refractivity contribution in [1.82, 2.24) is 5.32 Å². The van der Waals surface area contributed by atoms with Gasteiger partial charge in [0.25, 0.3) is 10.0 Å². The molecular formula is C23H26ClFN2O3S. The molecule has 0 radical (unpaired) electrons. The molecule has 0 atom stereocenters. The smallest absolute Gasteiger partial charge is 0.261 e. The van der Waals surface area contributed by atoms with E-state index in [4.69, 9.17) is 11.6 Å². The van der Waals surface area contributed by atoms with Gasteiger partial charge in [-0.05, 0) is 67.5 Å². The van der Waals surface area contributed by atoms with Gasteiger partial charge in [-0.3, -0.25) is 9.52 Å². The van der Waals surface area contributed by atoms with Crippen LogP contribution < -0.4 is 10.0 Å². The van der Waals surface area contributed by atoms with Gasteiger partial charge in [-0.15, -0.1) is 0 Å². The molecule has 2 aliphatic carbocycles. The molecule has 2 N–H and O–H groups in total. The fraction of sp³-hybridized carbons (Fsp3) is 0.435. The number of anilines is 1. The number of hydrogen-bond donors (Lipinski definition) is 2. The van der Waals surface area contributed by atoms with Crippen LogP contribution in [0, 0.1) is 11.7 Å². The summed E-state index contributed by atoms with van der Waals surface area (Å²) in [6.45, 7) is 0.735. The summed E-state index contributed by atoms with van der Waals surface area (Å²) in [7, 11) is -3.90. The van der Waals surface area contributed by atoms with E-state index in [0.717, 1.165) is 43.1 Å². The summed E-state index contributed by atoms with van der Waals surface area (Å²) in [5.74, 6) is -0.0425. The molecule has 4 rings (SSSR count). The number of sulfonamides is 1. The topological polar surface area (TPSA) is 75.3 Å². The first-order chi connectivity index (χ1) is 14.8. The van der Waals surface area contributed by atoms with Crippen LogP contribution in [-0.2, 0) is 20.2 Å². The Labute approximate surface area is 187 Å². The van der Waals surface area contributed by atoms with E-state index in [1.807, 2.05) is 0 Å². The Morgan fingerprint density at radius 1 is 1.06 bits per heavy atom. The second-order valence-corrected chi connectivity index (χ2v) is 10.6. The summed E-state index contributed by atoms with van der Waals surface area (Å²) < 4.78 is 40.9. The van der Waals surface area contributed by atoms with E-state index in [1.54, 1.807) is 24.3 Å². The molecule has 2 aromatic rings. The fourth-order valence-corrected chi connectivity index (χ4v) is 5.61. The first-order valence-corrected chi connectivity index (χ1v) is 12.5. The number of halogens is 2. The Bertz CT molecular complexity index is 1060. The molecule has 0 spiro atoms. The molecular weight excluding hydrogens is 439 g/mol. The van der Waals surface area contributed by atoms with Gasteiger partial charge in [0.1, 0.15) is 5.82 Å². The van der Waals surface area contributed by atoms with Crippen LogP contribution in [0.1, 0.15) is 50.5 Å². The normalized spacial score (nSPS) is 18.4. The first-order valence-electron chi connectivity index (χ1n) is 10.7. The van der Waals surface area contributed by atoms with Gasteiger partial charge in [0.15, 0.2) is 0 Å². The van der Waals surface area contributed by atoms with Gasteiger partial charge < -0.3 is 5.32 Å². The van der Waals surface area contributed by atoms with E-state index in [-0.39, 0.29) is 15.8 Å². The van der Waals surface area contributed by atoms with Crippen molar-refractivity contribution in [3.8, 4) is 0 Å². The Balaban J connectivity index is 1.41. The number of benzene rings is 2. The lowest BCUT2D eigenvalue weighted by atomic mass is 9.88. The number of hydrogen-bond acceptors (Lipinski definition) is 3. The highest BCUT2D eigenvalue weighted by Gasteiger charge is 2.51. The van der Waals surface area contributed by atoms with Crippen LogP contribution in [0.25, 0.3) is 0 Å². The Morgan fingerprint density at radius 2 is 1.74 bits per heavy atom. The fourth-order valence-electron chi connectivity index (χ4n) is 4.28. The van der Waals surface area contributed by atoms with Crippen molar-refractivity contribution in [3.05, 3.63) is 58.9 Å². The largest absolute Gasteiger partial charge is 0.355 e. The predicted octanol–water partition coefficient (Wildman–Crippen LogP) is 5.01. The number of carbonyl (C=O) groups is 1. The zero-order valence-electron chi connectivity index (χ0n) is 17.2.